The van der Waals surface area contributed by atoms with Crippen LogP contribution in [0.5, 0.6) is 5.75 Å². The van der Waals surface area contributed by atoms with Crippen molar-refractivity contribution in [3.8, 4) is 5.75 Å². The van der Waals surface area contributed by atoms with E-state index in [9.17, 15) is 5.11 Å². The fourth-order valence-corrected chi connectivity index (χ4v) is 2.75. The second-order valence-corrected chi connectivity index (χ2v) is 5.21. The Morgan fingerprint density at radius 1 is 0.800 bits per heavy atom. The molecule has 4 aliphatic carbocycles. The van der Waals surface area contributed by atoms with Crippen LogP contribution in [-0.2, 0) is 25.7 Å². The van der Waals surface area contributed by atoms with Crippen molar-refractivity contribution in [3.63, 3.8) is 0 Å². The summed E-state index contributed by atoms with van der Waals surface area (Å²) in [4.78, 5) is 0. The Morgan fingerprint density at radius 3 is 1.95 bits per heavy atom. The first-order chi connectivity index (χ1) is 9.78. The Hall–Kier alpha value is -2.29. The van der Waals surface area contributed by atoms with Crippen LogP contribution < -0.4 is 0 Å². The van der Waals surface area contributed by atoms with E-state index in [1.54, 1.807) is 0 Å². The number of nitrogens with zero attached hydrogens (tertiary/aromatic N) is 1. The predicted octanol–water partition coefficient (Wildman–Crippen LogP) is 3.08. The summed E-state index contributed by atoms with van der Waals surface area (Å²) in [6.07, 6.45) is 4.72. The summed E-state index contributed by atoms with van der Waals surface area (Å²) >= 11 is 0. The van der Waals surface area contributed by atoms with Gasteiger partial charge in [-0.1, -0.05) is 41.6 Å². The minimum Gasteiger partial charge on any atom is -0.507 e. The highest BCUT2D eigenvalue weighted by atomic mass is 16.4. The summed E-state index contributed by atoms with van der Waals surface area (Å²) in [6.45, 7) is 0. The number of aryl methyl sites for hydroxylation is 4. The molecule has 0 saturated heterocycles. The molecule has 2 aromatic carbocycles. The second kappa shape index (κ2) is 5.37. The second-order valence-electron chi connectivity index (χ2n) is 5.21. The fraction of sp³-hybridized carbons (Fsp3) is 0.235. The number of phenolic OH excluding ortho intramolecular Hbond substituents is 1. The van der Waals surface area contributed by atoms with Crippen LogP contribution in [0.4, 0.5) is 0 Å². The van der Waals surface area contributed by atoms with Gasteiger partial charge in [0, 0.05) is 5.56 Å². The van der Waals surface area contributed by atoms with Crippen molar-refractivity contribution >= 4 is 6.21 Å². The molecular formula is C17H17NO2. The Bertz CT molecular complexity index is 645. The zero-order chi connectivity index (χ0) is 13.9. The van der Waals surface area contributed by atoms with E-state index < -0.39 is 0 Å². The molecule has 0 atom stereocenters. The minimum absolute atomic E-state index is 0.246. The first-order valence-corrected chi connectivity index (χ1v) is 6.87. The smallest absolute Gasteiger partial charge is 0.127 e. The van der Waals surface area contributed by atoms with E-state index >= 15 is 0 Å². The maximum absolute atomic E-state index is 10.4. The molecular weight excluding hydrogens is 250 g/mol. The van der Waals surface area contributed by atoms with Crippen LogP contribution >= 0.6 is 0 Å². The molecule has 0 heterocycles. The number of phenols is 1. The molecule has 0 saturated carbocycles. The van der Waals surface area contributed by atoms with Crippen molar-refractivity contribution in [2.24, 2.45) is 5.16 Å². The van der Waals surface area contributed by atoms with Crippen LogP contribution in [0.3, 0.4) is 0 Å². The standard InChI is InChI=1S/C17H17NO2/c19-17-15-8-6-13-3-1-12(2-4-13)5-7-14(9-10-15)16(17)11-18-20/h1-4,9-11,19-20H,5-8H2/b18-11+. The Balaban J connectivity index is 2.08. The van der Waals surface area contributed by atoms with Gasteiger partial charge in [0.2, 0.25) is 0 Å². The van der Waals surface area contributed by atoms with Crippen LogP contribution in [-0.4, -0.2) is 16.5 Å². The van der Waals surface area contributed by atoms with Crippen LogP contribution in [0.2, 0.25) is 0 Å². The summed E-state index contributed by atoms with van der Waals surface area (Å²) < 4.78 is 0. The van der Waals surface area contributed by atoms with E-state index in [-0.39, 0.29) is 5.75 Å². The Morgan fingerprint density at radius 2 is 1.35 bits per heavy atom. The van der Waals surface area contributed by atoms with Gasteiger partial charge in [0.25, 0.3) is 0 Å². The van der Waals surface area contributed by atoms with Gasteiger partial charge < -0.3 is 10.3 Å². The summed E-state index contributed by atoms with van der Waals surface area (Å²) in [6, 6.07) is 12.7. The molecule has 2 N–H and O–H groups in total. The highest BCUT2D eigenvalue weighted by Crippen LogP contribution is 2.28. The monoisotopic (exact) mass is 267 g/mol. The molecule has 3 nitrogen and oxygen atoms in total. The quantitative estimate of drug-likeness (QED) is 0.474. The van der Waals surface area contributed by atoms with Crippen molar-refractivity contribution in [2.45, 2.75) is 25.7 Å². The zero-order valence-corrected chi connectivity index (χ0v) is 11.2. The van der Waals surface area contributed by atoms with Gasteiger partial charge in [0.15, 0.2) is 0 Å². The molecule has 0 unspecified atom stereocenters. The molecule has 4 bridgehead atoms. The van der Waals surface area contributed by atoms with Gasteiger partial charge in [-0.25, -0.2) is 0 Å². The van der Waals surface area contributed by atoms with E-state index in [4.69, 9.17) is 5.21 Å². The van der Waals surface area contributed by atoms with Crippen molar-refractivity contribution in [2.75, 3.05) is 0 Å². The van der Waals surface area contributed by atoms with E-state index in [1.165, 1.54) is 17.3 Å². The maximum Gasteiger partial charge on any atom is 0.127 e. The minimum atomic E-state index is 0.246. The predicted molar refractivity (Wildman–Crippen MR) is 78.7 cm³/mol. The number of aromatic hydroxyl groups is 1. The Labute approximate surface area is 118 Å². The molecule has 0 aromatic heterocycles. The lowest BCUT2D eigenvalue weighted by molar-refractivity contribution is 0.321. The number of benzene rings is 2. The number of hydrogen-bond donors (Lipinski definition) is 2. The maximum atomic E-state index is 10.4. The van der Waals surface area contributed by atoms with Gasteiger partial charge >= 0.3 is 0 Å². The highest BCUT2D eigenvalue weighted by molar-refractivity contribution is 5.86. The van der Waals surface area contributed by atoms with Crippen LogP contribution in [0.1, 0.15) is 27.8 Å². The van der Waals surface area contributed by atoms with Gasteiger partial charge in [-0.2, -0.15) is 0 Å². The summed E-state index contributed by atoms with van der Waals surface area (Å²) in [5.41, 5.74) is 5.10. The topological polar surface area (TPSA) is 52.8 Å². The van der Waals surface area contributed by atoms with E-state index in [0.29, 0.717) is 5.56 Å². The molecule has 0 spiro atoms. The molecule has 0 aliphatic heterocycles. The van der Waals surface area contributed by atoms with Gasteiger partial charge in [-0.15, -0.1) is 0 Å². The van der Waals surface area contributed by atoms with Gasteiger partial charge in [0.1, 0.15) is 5.75 Å². The number of oxime groups is 1. The first-order valence-electron chi connectivity index (χ1n) is 6.87. The van der Waals surface area contributed by atoms with Crippen molar-refractivity contribution < 1.29 is 10.3 Å². The Kier molecular flexibility index (Phi) is 3.42. The molecule has 6 rings (SSSR count). The fourth-order valence-electron chi connectivity index (χ4n) is 2.75. The number of rotatable bonds is 1. The molecule has 20 heavy (non-hydrogen) atoms. The third kappa shape index (κ3) is 2.39. The van der Waals surface area contributed by atoms with E-state index in [0.717, 1.165) is 36.8 Å². The molecule has 4 aliphatic rings. The molecule has 2 aromatic rings. The lowest BCUT2D eigenvalue weighted by atomic mass is 9.93. The third-order valence-corrected chi connectivity index (χ3v) is 3.97. The van der Waals surface area contributed by atoms with Crippen molar-refractivity contribution in [1.82, 2.24) is 0 Å². The highest BCUT2D eigenvalue weighted by Gasteiger charge is 2.13. The van der Waals surface area contributed by atoms with Crippen LogP contribution in [0, 0.1) is 0 Å². The number of hydrogen-bond acceptors (Lipinski definition) is 3. The molecule has 0 fully saturated rings. The zero-order valence-electron chi connectivity index (χ0n) is 11.2. The van der Waals surface area contributed by atoms with Gasteiger partial charge in [-0.05, 0) is 47.9 Å². The third-order valence-electron chi connectivity index (χ3n) is 3.97. The summed E-state index contributed by atoms with van der Waals surface area (Å²) in [5.74, 6) is 0.246. The van der Waals surface area contributed by atoms with Gasteiger partial charge in [-0.3, -0.25) is 0 Å². The first kappa shape index (κ1) is 12.7. The van der Waals surface area contributed by atoms with Gasteiger partial charge in [0.05, 0.1) is 6.21 Å². The lowest BCUT2D eigenvalue weighted by Gasteiger charge is -2.14. The molecule has 0 amide bonds. The average Bonchev–Trinajstić information content (AvgIpc) is 2.46. The molecule has 102 valence electrons. The molecule has 3 heteroatoms. The summed E-state index contributed by atoms with van der Waals surface area (Å²) in [5, 5.41) is 22.3. The molecule has 0 radical (unpaired) electrons. The largest absolute Gasteiger partial charge is 0.507 e. The van der Waals surface area contributed by atoms with E-state index in [2.05, 4.69) is 29.4 Å². The van der Waals surface area contributed by atoms with Crippen LogP contribution in [0.25, 0.3) is 0 Å². The lowest BCUT2D eigenvalue weighted by Crippen LogP contribution is -2.02. The SMILES string of the molecule is O/N=C/c1c2ccc(c1O)CCc1ccc(cc1)CC2. The normalized spacial score (nSPS) is 14.4. The van der Waals surface area contributed by atoms with E-state index in [1.807, 2.05) is 12.1 Å². The average molecular weight is 267 g/mol. The summed E-state index contributed by atoms with van der Waals surface area (Å²) in [7, 11) is 0. The van der Waals surface area contributed by atoms with Crippen molar-refractivity contribution in [1.29, 1.82) is 0 Å². The van der Waals surface area contributed by atoms with Crippen LogP contribution in [0.15, 0.2) is 41.6 Å². The van der Waals surface area contributed by atoms with Crippen molar-refractivity contribution in [3.05, 3.63) is 64.2 Å².